The van der Waals surface area contributed by atoms with Crippen LogP contribution in [0.1, 0.15) is 22.7 Å². The van der Waals surface area contributed by atoms with Crippen LogP contribution in [0.4, 0.5) is 13.2 Å². The molecule has 3 aromatic rings. The molecular formula is C18H20F3N5S. The molecule has 2 aromatic heterocycles. The van der Waals surface area contributed by atoms with E-state index in [1.165, 1.54) is 10.9 Å². The summed E-state index contributed by atoms with van der Waals surface area (Å²) in [6, 6.07) is 8.16. The number of alkyl halides is 3. The standard InChI is InChI=1S/C18H20F3N5S/c1-22-17(25-10-16-26-15(11-27-16)18(19,20)21)23-8-4-5-12-9-24-14-7-3-2-6-13(12)14/h2-3,6-7,9,11,24H,4-5,8,10H2,1H3,(H2,22,23,25). The molecule has 0 fully saturated rings. The Morgan fingerprint density at radius 2 is 2.07 bits per heavy atom. The van der Waals surface area contributed by atoms with E-state index in [4.69, 9.17) is 0 Å². The summed E-state index contributed by atoms with van der Waals surface area (Å²) in [4.78, 5) is 10.9. The summed E-state index contributed by atoms with van der Waals surface area (Å²) in [5.74, 6) is 0.540. The quantitative estimate of drug-likeness (QED) is 0.337. The van der Waals surface area contributed by atoms with Crippen molar-refractivity contribution in [2.24, 2.45) is 4.99 Å². The zero-order chi connectivity index (χ0) is 19.3. The van der Waals surface area contributed by atoms with E-state index in [9.17, 15) is 13.2 Å². The van der Waals surface area contributed by atoms with Gasteiger partial charge in [0.1, 0.15) is 5.01 Å². The molecule has 3 rings (SSSR count). The number of nitrogens with zero attached hydrogens (tertiary/aromatic N) is 2. The third kappa shape index (κ3) is 5.00. The molecule has 0 atom stereocenters. The predicted octanol–water partition coefficient (Wildman–Crippen LogP) is 3.94. The Hall–Kier alpha value is -2.55. The Kier molecular flexibility index (Phi) is 6.00. The van der Waals surface area contributed by atoms with Crippen molar-refractivity contribution in [1.82, 2.24) is 20.6 Å². The van der Waals surface area contributed by atoms with Crippen molar-refractivity contribution in [2.75, 3.05) is 13.6 Å². The molecule has 5 nitrogen and oxygen atoms in total. The number of hydrogen-bond acceptors (Lipinski definition) is 3. The first-order valence-electron chi connectivity index (χ1n) is 8.48. The fourth-order valence-electron chi connectivity index (χ4n) is 2.73. The Morgan fingerprint density at radius 1 is 1.26 bits per heavy atom. The van der Waals surface area contributed by atoms with Crippen LogP contribution in [-0.2, 0) is 19.1 Å². The minimum Gasteiger partial charge on any atom is -0.361 e. The van der Waals surface area contributed by atoms with Crippen LogP contribution in [0.3, 0.4) is 0 Å². The Labute approximate surface area is 158 Å². The molecule has 144 valence electrons. The first-order chi connectivity index (χ1) is 13.0. The number of hydrogen-bond donors (Lipinski definition) is 3. The summed E-state index contributed by atoms with van der Waals surface area (Å²) in [7, 11) is 1.62. The number of guanidine groups is 1. The van der Waals surface area contributed by atoms with Gasteiger partial charge in [0.15, 0.2) is 11.7 Å². The van der Waals surface area contributed by atoms with Crippen LogP contribution in [-0.4, -0.2) is 29.5 Å². The number of aliphatic imine (C=N–C) groups is 1. The zero-order valence-corrected chi connectivity index (χ0v) is 15.5. The van der Waals surface area contributed by atoms with Crippen molar-refractivity contribution in [1.29, 1.82) is 0 Å². The van der Waals surface area contributed by atoms with E-state index >= 15 is 0 Å². The maximum absolute atomic E-state index is 12.6. The van der Waals surface area contributed by atoms with Gasteiger partial charge in [0.05, 0.1) is 6.54 Å². The van der Waals surface area contributed by atoms with Crippen molar-refractivity contribution >= 4 is 28.2 Å². The molecule has 0 saturated heterocycles. The SMILES string of the molecule is CN=C(NCCCc1c[nH]c2ccccc12)NCc1nc(C(F)(F)F)cs1. The number of para-hydroxylation sites is 1. The van der Waals surface area contributed by atoms with Crippen molar-refractivity contribution < 1.29 is 13.2 Å². The molecule has 0 bridgehead atoms. The molecule has 0 aliphatic carbocycles. The second-order valence-electron chi connectivity index (χ2n) is 5.94. The highest BCUT2D eigenvalue weighted by Crippen LogP contribution is 2.29. The molecule has 0 amide bonds. The summed E-state index contributed by atoms with van der Waals surface area (Å²) >= 11 is 0.977. The number of aromatic nitrogens is 2. The molecule has 0 aliphatic rings. The number of thiazole rings is 1. The minimum atomic E-state index is -4.41. The smallest absolute Gasteiger partial charge is 0.361 e. The highest BCUT2D eigenvalue weighted by atomic mass is 32.1. The first-order valence-corrected chi connectivity index (χ1v) is 9.36. The number of nitrogens with one attached hydrogen (secondary N) is 3. The molecule has 2 heterocycles. The maximum Gasteiger partial charge on any atom is 0.434 e. The monoisotopic (exact) mass is 395 g/mol. The largest absolute Gasteiger partial charge is 0.434 e. The van der Waals surface area contributed by atoms with Crippen molar-refractivity contribution in [2.45, 2.75) is 25.6 Å². The van der Waals surface area contributed by atoms with Gasteiger partial charge in [-0.25, -0.2) is 4.98 Å². The van der Waals surface area contributed by atoms with E-state index in [0.717, 1.165) is 35.1 Å². The molecular weight excluding hydrogens is 375 g/mol. The number of fused-ring (bicyclic) bond motifs is 1. The average Bonchev–Trinajstić information content (AvgIpc) is 3.28. The van der Waals surface area contributed by atoms with Gasteiger partial charge in [-0.15, -0.1) is 11.3 Å². The lowest BCUT2D eigenvalue weighted by atomic mass is 10.1. The highest BCUT2D eigenvalue weighted by molar-refractivity contribution is 7.09. The van der Waals surface area contributed by atoms with Crippen LogP contribution < -0.4 is 10.6 Å². The van der Waals surface area contributed by atoms with Gasteiger partial charge >= 0.3 is 6.18 Å². The number of halogens is 3. The van der Waals surface area contributed by atoms with Gasteiger partial charge in [0, 0.05) is 36.1 Å². The second-order valence-corrected chi connectivity index (χ2v) is 6.88. The highest BCUT2D eigenvalue weighted by Gasteiger charge is 2.33. The van der Waals surface area contributed by atoms with Gasteiger partial charge in [0.25, 0.3) is 0 Å². The Balaban J connectivity index is 1.43. The molecule has 0 aliphatic heterocycles. The third-order valence-corrected chi connectivity index (χ3v) is 4.91. The Bertz CT molecular complexity index is 913. The number of benzene rings is 1. The number of rotatable bonds is 6. The van der Waals surface area contributed by atoms with E-state index in [0.29, 0.717) is 17.5 Å². The molecule has 0 radical (unpaired) electrons. The molecule has 27 heavy (non-hydrogen) atoms. The van der Waals surface area contributed by atoms with Gasteiger partial charge in [-0.05, 0) is 24.5 Å². The maximum atomic E-state index is 12.6. The number of aryl methyl sites for hydroxylation is 1. The minimum absolute atomic E-state index is 0.197. The van der Waals surface area contributed by atoms with E-state index in [1.807, 2.05) is 24.4 Å². The molecule has 3 N–H and O–H groups in total. The summed E-state index contributed by atoms with van der Waals surface area (Å²) in [6.07, 6.45) is -0.567. The first kappa shape index (κ1) is 19.2. The molecule has 0 unspecified atom stereocenters. The summed E-state index contributed by atoms with van der Waals surface area (Å²) < 4.78 is 37.7. The van der Waals surface area contributed by atoms with E-state index in [1.54, 1.807) is 7.05 Å². The van der Waals surface area contributed by atoms with Gasteiger partial charge < -0.3 is 15.6 Å². The molecule has 1 aromatic carbocycles. The predicted molar refractivity (Wildman–Crippen MR) is 102 cm³/mol. The zero-order valence-electron chi connectivity index (χ0n) is 14.7. The van der Waals surface area contributed by atoms with E-state index in [2.05, 4.69) is 31.7 Å². The normalized spacial score (nSPS) is 12.5. The van der Waals surface area contributed by atoms with Gasteiger partial charge in [-0.3, -0.25) is 4.99 Å². The second kappa shape index (κ2) is 8.43. The van der Waals surface area contributed by atoms with Crippen LogP contribution in [0.5, 0.6) is 0 Å². The molecule has 0 spiro atoms. The van der Waals surface area contributed by atoms with Crippen LogP contribution in [0.2, 0.25) is 0 Å². The summed E-state index contributed by atoms with van der Waals surface area (Å²) in [5.41, 5.74) is 1.53. The number of H-pyrrole nitrogens is 1. The van der Waals surface area contributed by atoms with E-state index < -0.39 is 11.9 Å². The fourth-order valence-corrected chi connectivity index (χ4v) is 3.47. The van der Waals surface area contributed by atoms with Crippen LogP contribution in [0.25, 0.3) is 10.9 Å². The van der Waals surface area contributed by atoms with Crippen LogP contribution in [0.15, 0.2) is 40.8 Å². The van der Waals surface area contributed by atoms with Crippen LogP contribution in [0, 0.1) is 0 Å². The third-order valence-electron chi connectivity index (χ3n) is 4.06. The summed E-state index contributed by atoms with van der Waals surface area (Å²) in [6.45, 7) is 0.897. The lowest BCUT2D eigenvalue weighted by Gasteiger charge is -2.10. The van der Waals surface area contributed by atoms with Crippen molar-refractivity contribution in [3.05, 3.63) is 52.1 Å². The van der Waals surface area contributed by atoms with Gasteiger partial charge in [-0.1, -0.05) is 18.2 Å². The van der Waals surface area contributed by atoms with Gasteiger partial charge in [-0.2, -0.15) is 13.2 Å². The van der Waals surface area contributed by atoms with Crippen molar-refractivity contribution in [3.63, 3.8) is 0 Å². The lowest BCUT2D eigenvalue weighted by Crippen LogP contribution is -2.37. The molecule has 9 heteroatoms. The fraction of sp³-hybridized carbons (Fsp3) is 0.333. The number of aromatic amines is 1. The van der Waals surface area contributed by atoms with E-state index in [-0.39, 0.29) is 6.54 Å². The average molecular weight is 395 g/mol. The molecule has 0 saturated carbocycles. The Morgan fingerprint density at radius 3 is 2.81 bits per heavy atom. The van der Waals surface area contributed by atoms with Crippen LogP contribution >= 0.6 is 11.3 Å². The lowest BCUT2D eigenvalue weighted by molar-refractivity contribution is -0.140. The summed E-state index contributed by atoms with van der Waals surface area (Å²) in [5, 5.41) is 8.77. The topological polar surface area (TPSA) is 65.1 Å². The van der Waals surface area contributed by atoms with Gasteiger partial charge in [0.2, 0.25) is 0 Å². The van der Waals surface area contributed by atoms with Crippen molar-refractivity contribution in [3.8, 4) is 0 Å².